The number of ether oxygens (including phenoxy) is 1. The number of nitrogens with zero attached hydrogens (tertiary/aromatic N) is 2. The lowest BCUT2D eigenvalue weighted by Gasteiger charge is -2.03. The van der Waals surface area contributed by atoms with Gasteiger partial charge in [-0.2, -0.15) is 0 Å². The molecule has 2 heterocycles. The quantitative estimate of drug-likeness (QED) is 0.641. The third kappa shape index (κ3) is 4.12. The van der Waals surface area contributed by atoms with Crippen molar-refractivity contribution in [2.45, 2.75) is 19.8 Å². The van der Waals surface area contributed by atoms with E-state index >= 15 is 0 Å². The largest absolute Gasteiger partial charge is 0.461 e. The van der Waals surface area contributed by atoms with Crippen molar-refractivity contribution in [3.05, 3.63) is 51.5 Å². The van der Waals surface area contributed by atoms with E-state index in [0.717, 1.165) is 11.3 Å². The molecule has 3 rings (SSSR count). The van der Waals surface area contributed by atoms with Crippen LogP contribution in [0.3, 0.4) is 0 Å². The molecule has 0 spiro atoms. The Kier molecular flexibility index (Phi) is 5.37. The Morgan fingerprint density at radius 2 is 2.08 bits per heavy atom. The van der Waals surface area contributed by atoms with Crippen molar-refractivity contribution in [1.29, 1.82) is 0 Å². The summed E-state index contributed by atoms with van der Waals surface area (Å²) in [6.45, 7) is 1.97. The summed E-state index contributed by atoms with van der Waals surface area (Å²) in [6.07, 6.45) is 0.400. The van der Waals surface area contributed by atoms with Gasteiger partial charge < -0.3 is 15.0 Å². The first-order valence-corrected chi connectivity index (χ1v) is 8.85. The highest BCUT2D eigenvalue weighted by atomic mass is 32.1. The highest BCUT2D eigenvalue weighted by Crippen LogP contribution is 2.16. The molecule has 0 aliphatic carbocycles. The van der Waals surface area contributed by atoms with Crippen LogP contribution >= 0.6 is 11.3 Å². The van der Waals surface area contributed by atoms with E-state index in [0.29, 0.717) is 21.9 Å². The summed E-state index contributed by atoms with van der Waals surface area (Å²) in [5.74, 6) is -0.372. The van der Waals surface area contributed by atoms with Gasteiger partial charge in [-0.25, -0.2) is 14.8 Å². The molecule has 0 aliphatic heterocycles. The number of aromatic nitrogens is 3. The summed E-state index contributed by atoms with van der Waals surface area (Å²) in [5.41, 5.74) is 0.517. The van der Waals surface area contributed by atoms with Crippen molar-refractivity contribution in [3.63, 3.8) is 0 Å². The molecule has 1 amide bonds. The number of hydrogen-bond donors (Lipinski definition) is 2. The van der Waals surface area contributed by atoms with Gasteiger partial charge >= 0.3 is 5.97 Å². The van der Waals surface area contributed by atoms with Crippen molar-refractivity contribution in [2.75, 3.05) is 11.9 Å². The minimum absolute atomic E-state index is 0.121. The van der Waals surface area contributed by atoms with Crippen LogP contribution in [-0.4, -0.2) is 33.4 Å². The number of carbonyl (C=O) groups excluding carboxylic acids is 2. The molecule has 0 saturated heterocycles. The standard InChI is InChI=1S/C17H16N4O4S/c1-2-25-16(24)12-9-26-17(19-12)21-14(22)8-7-13-18-11-6-4-3-5-10(11)15(23)20-13/h3-6,9H,2,7-8H2,1H3,(H,18,20,23)(H,19,21,22). The average molecular weight is 372 g/mol. The molecular formula is C17H16N4O4S. The van der Waals surface area contributed by atoms with Crippen LogP contribution in [0.15, 0.2) is 34.4 Å². The second kappa shape index (κ2) is 7.87. The Morgan fingerprint density at radius 3 is 2.88 bits per heavy atom. The van der Waals surface area contributed by atoms with Gasteiger partial charge in [0, 0.05) is 18.2 Å². The van der Waals surface area contributed by atoms with Crippen molar-refractivity contribution in [1.82, 2.24) is 15.0 Å². The maximum Gasteiger partial charge on any atom is 0.357 e. The molecule has 2 aromatic heterocycles. The lowest BCUT2D eigenvalue weighted by molar-refractivity contribution is -0.116. The van der Waals surface area contributed by atoms with E-state index in [1.807, 2.05) is 0 Å². The summed E-state index contributed by atoms with van der Waals surface area (Å²) >= 11 is 1.14. The first kappa shape index (κ1) is 17.7. The Morgan fingerprint density at radius 1 is 1.27 bits per heavy atom. The third-order valence-electron chi connectivity index (χ3n) is 3.49. The van der Waals surface area contributed by atoms with Crippen molar-refractivity contribution in [3.8, 4) is 0 Å². The molecule has 0 saturated carbocycles. The lowest BCUT2D eigenvalue weighted by Crippen LogP contribution is -2.16. The smallest absolute Gasteiger partial charge is 0.357 e. The molecule has 26 heavy (non-hydrogen) atoms. The molecule has 0 bridgehead atoms. The Labute approximate surface area is 152 Å². The normalized spacial score (nSPS) is 10.7. The number of anilines is 1. The predicted octanol–water partition coefficient (Wildman–Crippen LogP) is 2.13. The van der Waals surface area contributed by atoms with Gasteiger partial charge in [-0.15, -0.1) is 11.3 Å². The minimum atomic E-state index is -0.526. The summed E-state index contributed by atoms with van der Waals surface area (Å²) < 4.78 is 4.85. The summed E-state index contributed by atoms with van der Waals surface area (Å²) in [4.78, 5) is 46.7. The Hall–Kier alpha value is -3.07. The van der Waals surface area contributed by atoms with E-state index in [-0.39, 0.29) is 36.6 Å². The van der Waals surface area contributed by atoms with Gasteiger partial charge in [0.1, 0.15) is 5.82 Å². The number of rotatable bonds is 6. The molecular weight excluding hydrogens is 356 g/mol. The van der Waals surface area contributed by atoms with Crippen LogP contribution in [0.4, 0.5) is 5.13 Å². The molecule has 0 radical (unpaired) electrons. The first-order chi connectivity index (χ1) is 12.6. The van der Waals surface area contributed by atoms with Crippen molar-refractivity contribution < 1.29 is 14.3 Å². The van der Waals surface area contributed by atoms with Crippen LogP contribution in [0.1, 0.15) is 29.7 Å². The van der Waals surface area contributed by atoms with E-state index in [1.54, 1.807) is 31.2 Å². The summed E-state index contributed by atoms with van der Waals surface area (Å²) in [7, 11) is 0. The molecule has 134 valence electrons. The van der Waals surface area contributed by atoms with Gasteiger partial charge in [0.15, 0.2) is 10.8 Å². The maximum absolute atomic E-state index is 12.1. The number of aromatic amines is 1. The number of aryl methyl sites for hydroxylation is 1. The molecule has 9 heteroatoms. The van der Waals surface area contributed by atoms with Gasteiger partial charge in [0.05, 0.1) is 17.5 Å². The highest BCUT2D eigenvalue weighted by Gasteiger charge is 2.13. The van der Waals surface area contributed by atoms with Crippen molar-refractivity contribution >= 4 is 39.2 Å². The first-order valence-electron chi connectivity index (χ1n) is 7.97. The number of carbonyl (C=O) groups is 2. The van der Waals surface area contributed by atoms with E-state index in [2.05, 4.69) is 20.3 Å². The van der Waals surface area contributed by atoms with Crippen LogP contribution < -0.4 is 10.9 Å². The molecule has 0 fully saturated rings. The zero-order chi connectivity index (χ0) is 18.5. The number of thiazole rings is 1. The van der Waals surface area contributed by atoms with Gasteiger partial charge in [-0.05, 0) is 19.1 Å². The molecule has 0 atom stereocenters. The predicted molar refractivity (Wildman–Crippen MR) is 97.4 cm³/mol. The molecule has 0 unspecified atom stereocenters. The summed E-state index contributed by atoms with van der Waals surface area (Å²) in [6, 6.07) is 7.02. The zero-order valence-corrected chi connectivity index (χ0v) is 14.8. The van der Waals surface area contributed by atoms with E-state index in [9.17, 15) is 14.4 Å². The van der Waals surface area contributed by atoms with E-state index < -0.39 is 5.97 Å². The van der Waals surface area contributed by atoms with Crippen molar-refractivity contribution in [2.24, 2.45) is 0 Å². The van der Waals surface area contributed by atoms with Gasteiger partial charge in [-0.1, -0.05) is 12.1 Å². The maximum atomic E-state index is 12.1. The minimum Gasteiger partial charge on any atom is -0.461 e. The van der Waals surface area contributed by atoms with Crippen LogP contribution in [0, 0.1) is 0 Å². The SMILES string of the molecule is CCOC(=O)c1csc(NC(=O)CCc2nc3ccccc3c(=O)[nH]2)n1. The number of esters is 1. The number of para-hydroxylation sites is 1. The fourth-order valence-corrected chi connectivity index (χ4v) is 2.99. The van der Waals surface area contributed by atoms with Gasteiger partial charge in [-0.3, -0.25) is 9.59 Å². The monoisotopic (exact) mass is 372 g/mol. The topological polar surface area (TPSA) is 114 Å². The second-order valence-corrected chi connectivity index (χ2v) is 6.19. The molecule has 2 N–H and O–H groups in total. The number of nitrogens with one attached hydrogen (secondary N) is 2. The van der Waals surface area contributed by atoms with Crippen LogP contribution in [-0.2, 0) is 16.0 Å². The van der Waals surface area contributed by atoms with Gasteiger partial charge in [0.2, 0.25) is 5.91 Å². The zero-order valence-electron chi connectivity index (χ0n) is 13.9. The highest BCUT2D eigenvalue weighted by molar-refractivity contribution is 7.14. The summed E-state index contributed by atoms with van der Waals surface area (Å²) in [5, 5.41) is 4.97. The van der Waals surface area contributed by atoms with E-state index in [1.165, 1.54) is 5.38 Å². The Bertz CT molecular complexity index is 1010. The number of amides is 1. The number of hydrogen-bond acceptors (Lipinski definition) is 7. The van der Waals surface area contributed by atoms with Crippen LogP contribution in [0.5, 0.6) is 0 Å². The molecule has 1 aromatic carbocycles. The average Bonchev–Trinajstić information content (AvgIpc) is 3.09. The number of fused-ring (bicyclic) bond motifs is 1. The van der Waals surface area contributed by atoms with E-state index in [4.69, 9.17) is 4.74 Å². The number of H-pyrrole nitrogens is 1. The van der Waals surface area contributed by atoms with Crippen LogP contribution in [0.2, 0.25) is 0 Å². The number of benzene rings is 1. The fraction of sp³-hybridized carbons (Fsp3) is 0.235. The fourth-order valence-electron chi connectivity index (χ4n) is 2.30. The lowest BCUT2D eigenvalue weighted by atomic mass is 10.2. The second-order valence-electron chi connectivity index (χ2n) is 5.34. The molecule has 8 nitrogen and oxygen atoms in total. The third-order valence-corrected chi connectivity index (χ3v) is 4.24. The van der Waals surface area contributed by atoms with Gasteiger partial charge in [0.25, 0.3) is 5.56 Å². The Balaban J connectivity index is 1.61. The van der Waals surface area contributed by atoms with Crippen LogP contribution in [0.25, 0.3) is 10.9 Å². The molecule has 3 aromatic rings. The molecule has 0 aliphatic rings.